The summed E-state index contributed by atoms with van der Waals surface area (Å²) >= 11 is 2.15. The molecular formula is C32H53IO2. The van der Waals surface area contributed by atoms with Crippen molar-refractivity contribution in [1.29, 1.82) is 0 Å². The lowest BCUT2D eigenvalue weighted by atomic mass is 9.32. The molecule has 0 bridgehead atoms. The molecule has 0 unspecified atom stereocenters. The molecule has 0 radical (unpaired) electrons. The summed E-state index contributed by atoms with van der Waals surface area (Å²) in [7, 11) is 0. The van der Waals surface area contributed by atoms with E-state index in [0.717, 1.165) is 36.0 Å². The van der Waals surface area contributed by atoms with Gasteiger partial charge in [0.2, 0.25) is 0 Å². The molecule has 0 aromatic carbocycles. The topological polar surface area (TPSA) is 26.3 Å². The molecule has 0 aliphatic heterocycles. The molecule has 5 aliphatic rings. The van der Waals surface area contributed by atoms with Crippen molar-refractivity contribution in [2.75, 3.05) is 4.43 Å². The van der Waals surface area contributed by atoms with Crippen molar-refractivity contribution in [3.63, 3.8) is 0 Å². The monoisotopic (exact) mass is 596 g/mol. The Hall–Kier alpha value is 0.200. The van der Waals surface area contributed by atoms with Crippen molar-refractivity contribution in [2.45, 2.75) is 126 Å². The standard InChI is InChI=1S/C32H53IO2/c1-20(2)21-11-14-29(5)17-18-31(7)22(27(21)29)9-10-24-30(6)15-13-25(35-26(34)19-33)28(3,4)23(30)12-16-32(24,31)8/h20-25,27H,9-19H2,1-8H3/t21-,22+,23-,24+,25-,27+,29+,30+,31+,32+/m0/s1. The van der Waals surface area contributed by atoms with Crippen LogP contribution in [0.15, 0.2) is 0 Å². The Labute approximate surface area is 230 Å². The van der Waals surface area contributed by atoms with E-state index in [2.05, 4.69) is 78.0 Å². The minimum Gasteiger partial charge on any atom is -0.461 e. The highest BCUT2D eigenvalue weighted by Crippen LogP contribution is 2.77. The first-order chi connectivity index (χ1) is 16.2. The first kappa shape index (κ1) is 26.8. The fourth-order valence-corrected chi connectivity index (χ4v) is 12.3. The Morgan fingerprint density at radius 1 is 0.829 bits per heavy atom. The maximum absolute atomic E-state index is 12.2. The molecule has 10 atom stereocenters. The van der Waals surface area contributed by atoms with Gasteiger partial charge in [-0.05, 0) is 121 Å². The maximum atomic E-state index is 12.2. The van der Waals surface area contributed by atoms with E-state index in [9.17, 15) is 4.79 Å². The van der Waals surface area contributed by atoms with Crippen molar-refractivity contribution in [2.24, 2.45) is 62.6 Å². The van der Waals surface area contributed by atoms with Crippen LogP contribution in [0.2, 0.25) is 0 Å². The third-order valence-electron chi connectivity index (χ3n) is 14.1. The maximum Gasteiger partial charge on any atom is 0.316 e. The zero-order chi connectivity index (χ0) is 25.6. The van der Waals surface area contributed by atoms with Crippen LogP contribution in [0.1, 0.15) is 120 Å². The Balaban J connectivity index is 1.47. The average molecular weight is 597 g/mol. The lowest BCUT2D eigenvalue weighted by Gasteiger charge is -2.73. The number of hydrogen-bond donors (Lipinski definition) is 0. The lowest BCUT2D eigenvalue weighted by molar-refractivity contribution is -0.250. The third kappa shape index (κ3) is 3.60. The van der Waals surface area contributed by atoms with Gasteiger partial charge in [0, 0.05) is 5.41 Å². The largest absolute Gasteiger partial charge is 0.461 e. The minimum absolute atomic E-state index is 0.0255. The number of carbonyl (C=O) groups excluding carboxylic acids is 1. The van der Waals surface area contributed by atoms with E-state index in [4.69, 9.17) is 4.74 Å². The van der Waals surface area contributed by atoms with E-state index in [-0.39, 0.29) is 17.5 Å². The Morgan fingerprint density at radius 2 is 1.54 bits per heavy atom. The zero-order valence-corrected chi connectivity index (χ0v) is 26.2. The second-order valence-corrected chi connectivity index (χ2v) is 16.5. The molecule has 0 saturated heterocycles. The van der Waals surface area contributed by atoms with Crippen molar-refractivity contribution >= 4 is 28.6 Å². The lowest BCUT2D eigenvalue weighted by Crippen LogP contribution is -2.66. The number of alkyl halides is 1. The second-order valence-electron chi connectivity index (χ2n) is 15.8. The van der Waals surface area contributed by atoms with Gasteiger partial charge in [-0.3, -0.25) is 4.79 Å². The van der Waals surface area contributed by atoms with Gasteiger partial charge in [-0.25, -0.2) is 0 Å². The van der Waals surface area contributed by atoms with Gasteiger partial charge in [-0.1, -0.05) is 78.0 Å². The van der Waals surface area contributed by atoms with Gasteiger partial charge in [-0.15, -0.1) is 0 Å². The van der Waals surface area contributed by atoms with Gasteiger partial charge in [0.15, 0.2) is 0 Å². The van der Waals surface area contributed by atoms with Gasteiger partial charge in [0.05, 0.1) is 4.43 Å². The number of hydrogen-bond acceptors (Lipinski definition) is 2. The van der Waals surface area contributed by atoms with Crippen LogP contribution in [0.5, 0.6) is 0 Å². The van der Waals surface area contributed by atoms with E-state index in [0.29, 0.717) is 32.0 Å². The molecule has 0 heterocycles. The third-order valence-corrected chi connectivity index (χ3v) is 14.7. The average Bonchev–Trinajstić information content (AvgIpc) is 3.14. The highest BCUT2D eigenvalue weighted by Gasteiger charge is 2.70. The molecule has 2 nitrogen and oxygen atoms in total. The summed E-state index contributed by atoms with van der Waals surface area (Å²) in [5.74, 6) is 5.03. The molecular weight excluding hydrogens is 543 g/mol. The van der Waals surface area contributed by atoms with Crippen LogP contribution < -0.4 is 0 Å². The van der Waals surface area contributed by atoms with Crippen molar-refractivity contribution in [1.82, 2.24) is 0 Å². The summed E-state index contributed by atoms with van der Waals surface area (Å²) in [4.78, 5) is 12.2. The zero-order valence-electron chi connectivity index (χ0n) is 24.0. The van der Waals surface area contributed by atoms with Crippen LogP contribution in [0, 0.1) is 62.6 Å². The Bertz CT molecular complexity index is 851. The van der Waals surface area contributed by atoms with Crippen molar-refractivity contribution in [3.05, 3.63) is 0 Å². The van der Waals surface area contributed by atoms with Crippen LogP contribution in [-0.2, 0) is 9.53 Å². The molecule has 0 amide bonds. The molecule has 35 heavy (non-hydrogen) atoms. The van der Waals surface area contributed by atoms with Crippen LogP contribution in [-0.4, -0.2) is 16.5 Å². The van der Waals surface area contributed by atoms with Gasteiger partial charge in [-0.2, -0.15) is 0 Å². The Morgan fingerprint density at radius 3 is 2.20 bits per heavy atom. The van der Waals surface area contributed by atoms with Crippen LogP contribution in [0.3, 0.4) is 0 Å². The van der Waals surface area contributed by atoms with Gasteiger partial charge in [0.25, 0.3) is 0 Å². The first-order valence-electron chi connectivity index (χ1n) is 15.0. The normalized spacial score (nSPS) is 52.7. The molecule has 0 N–H and O–H groups in total. The van der Waals surface area contributed by atoms with Crippen LogP contribution >= 0.6 is 22.6 Å². The highest BCUT2D eigenvalue weighted by atomic mass is 127. The molecule has 0 aromatic heterocycles. The molecule has 3 heteroatoms. The van der Waals surface area contributed by atoms with E-state index in [1.807, 2.05) is 0 Å². The molecule has 5 rings (SSSR count). The number of carbonyl (C=O) groups is 1. The van der Waals surface area contributed by atoms with Crippen molar-refractivity contribution in [3.8, 4) is 0 Å². The molecule has 0 aromatic rings. The van der Waals surface area contributed by atoms with E-state index < -0.39 is 0 Å². The van der Waals surface area contributed by atoms with Gasteiger partial charge in [0.1, 0.15) is 6.10 Å². The summed E-state index contributed by atoms with van der Waals surface area (Å²) in [6.45, 7) is 20.7. The number of rotatable bonds is 3. The van der Waals surface area contributed by atoms with E-state index in [1.54, 1.807) is 0 Å². The fourth-order valence-electron chi connectivity index (χ4n) is 12.1. The smallest absolute Gasteiger partial charge is 0.316 e. The number of halogens is 1. The highest BCUT2D eigenvalue weighted by molar-refractivity contribution is 14.1. The summed E-state index contributed by atoms with van der Waals surface area (Å²) < 4.78 is 6.53. The molecule has 5 fully saturated rings. The van der Waals surface area contributed by atoms with E-state index >= 15 is 0 Å². The van der Waals surface area contributed by atoms with Gasteiger partial charge >= 0.3 is 5.97 Å². The van der Waals surface area contributed by atoms with Crippen LogP contribution in [0.25, 0.3) is 0 Å². The fraction of sp³-hybridized carbons (Fsp3) is 0.969. The Kier molecular flexibility index (Phi) is 6.58. The number of ether oxygens (including phenoxy) is 1. The second kappa shape index (κ2) is 8.60. The van der Waals surface area contributed by atoms with Crippen molar-refractivity contribution < 1.29 is 9.53 Å². The predicted molar refractivity (Wildman–Crippen MR) is 153 cm³/mol. The predicted octanol–water partition coefficient (Wildman–Crippen LogP) is 9.09. The number of esters is 1. The first-order valence-corrected chi connectivity index (χ1v) is 16.5. The van der Waals surface area contributed by atoms with Crippen LogP contribution in [0.4, 0.5) is 0 Å². The summed E-state index contributed by atoms with van der Waals surface area (Å²) in [5, 5.41) is 0. The molecule has 0 spiro atoms. The molecule has 5 saturated carbocycles. The van der Waals surface area contributed by atoms with Gasteiger partial charge < -0.3 is 4.74 Å². The summed E-state index contributed by atoms with van der Waals surface area (Å²) in [6.07, 6.45) is 13.8. The minimum atomic E-state index is -0.0255. The quantitative estimate of drug-likeness (QED) is 0.185. The number of fused-ring (bicyclic) bond motifs is 7. The SMILES string of the molecule is CC(C)[C@@H]1CC[C@]2(C)CC[C@]3(C)[C@H](CC[C@@H]4[C@]5(C)CC[C@H](OC(=O)CI)C(C)(C)[C@@H]5CC[C@]43C)[C@@H]12. The summed E-state index contributed by atoms with van der Waals surface area (Å²) in [6, 6.07) is 0. The van der Waals surface area contributed by atoms with E-state index in [1.165, 1.54) is 57.8 Å². The molecule has 5 aliphatic carbocycles. The molecule has 200 valence electrons. The summed E-state index contributed by atoms with van der Waals surface area (Å²) in [5.41, 5.74) is 1.93.